The van der Waals surface area contributed by atoms with E-state index in [9.17, 15) is 51.1 Å². The first-order valence-electron chi connectivity index (χ1n) is 13.2. The van der Waals surface area contributed by atoms with Gasteiger partial charge in [-0.1, -0.05) is 6.42 Å². The number of hydrogen-bond donors (Lipinski definition) is 11. The second-order valence-electron chi connectivity index (χ2n) is 9.97. The van der Waals surface area contributed by atoms with E-state index in [0.29, 0.717) is 12.2 Å². The van der Waals surface area contributed by atoms with Gasteiger partial charge in [-0.25, -0.2) is 0 Å². The highest BCUT2D eigenvalue weighted by Crippen LogP contribution is 2.32. The summed E-state index contributed by atoms with van der Waals surface area (Å²) in [5.41, 5.74) is 0. The van der Waals surface area contributed by atoms with Crippen LogP contribution in [0.4, 0.5) is 0 Å². The third-order valence-electron chi connectivity index (χ3n) is 7.16. The molecular weight excluding hydrogens is 564 g/mol. The zero-order chi connectivity index (χ0) is 29.6. The number of ether oxygens (including phenoxy) is 6. The molecule has 0 radical (unpaired) electrons. The van der Waals surface area contributed by atoms with E-state index in [2.05, 4.69) is 12.6 Å². The van der Waals surface area contributed by atoms with Crippen LogP contribution in [0.5, 0.6) is 0 Å². The Morgan fingerprint density at radius 2 is 0.950 bits per heavy atom. The largest absolute Gasteiger partial charge is 0.394 e. The molecule has 0 amide bonds. The van der Waals surface area contributed by atoms with Crippen molar-refractivity contribution in [1.82, 2.24) is 0 Å². The molecule has 16 nitrogen and oxygen atoms in total. The SMILES string of the molecule is OCC1O[C@H](O[C@@H]2C(O)[C@@H](O[C@@H]3C(O)[C@@H](OCCCCCS)OC(CO)[C@H]3O)OC(CO)[C@H]2O)C(O)[C@@H](O)[C@@H]1O. The molecular formula is C23H42O16S. The Morgan fingerprint density at radius 1 is 0.500 bits per heavy atom. The minimum atomic E-state index is -1.89. The van der Waals surface area contributed by atoms with E-state index in [1.807, 2.05) is 0 Å². The first-order valence-corrected chi connectivity index (χ1v) is 13.8. The third kappa shape index (κ3) is 7.80. The number of unbranched alkanes of at least 4 members (excludes halogenated alkanes) is 2. The Hall–Kier alpha value is -0.290. The molecule has 3 rings (SSSR count). The summed E-state index contributed by atoms with van der Waals surface area (Å²) in [6.07, 6.45) is -22.0. The smallest absolute Gasteiger partial charge is 0.187 e. The maximum atomic E-state index is 11.0. The Bertz CT molecular complexity index is 737. The van der Waals surface area contributed by atoms with Crippen molar-refractivity contribution in [2.45, 2.75) is 111 Å². The average molecular weight is 607 g/mol. The monoisotopic (exact) mass is 606 g/mol. The van der Waals surface area contributed by atoms with Gasteiger partial charge in [0.1, 0.15) is 73.2 Å². The van der Waals surface area contributed by atoms with Crippen LogP contribution in [0.1, 0.15) is 19.3 Å². The molecule has 0 spiro atoms. The Labute approximate surface area is 236 Å². The molecule has 0 saturated carbocycles. The summed E-state index contributed by atoms with van der Waals surface area (Å²) in [5, 5.41) is 102. The van der Waals surface area contributed by atoms with Gasteiger partial charge in [0.05, 0.1) is 19.8 Å². The lowest BCUT2D eigenvalue weighted by Crippen LogP contribution is -2.67. The standard InChI is InChI=1S/C23H42O16S/c24-6-9-12(27)15(30)16(31)22(36-9)38-20-14(29)11(8-26)37-23(18(20)33)39-19-13(28)10(7-25)35-21(17(19)32)34-4-2-1-3-5-40/h9-33,40H,1-8H2/t9?,10?,11?,12-,13-,14-,15+,16?,17?,18?,19+,20+,21+,22-,23-/m1/s1. The third-order valence-corrected chi connectivity index (χ3v) is 7.48. The van der Waals surface area contributed by atoms with Crippen LogP contribution in [0.2, 0.25) is 0 Å². The van der Waals surface area contributed by atoms with Gasteiger partial charge in [0.25, 0.3) is 0 Å². The van der Waals surface area contributed by atoms with Crippen molar-refractivity contribution in [2.75, 3.05) is 32.2 Å². The summed E-state index contributed by atoms with van der Waals surface area (Å²) in [4.78, 5) is 0. The molecule has 0 aromatic heterocycles. The molecule has 6 unspecified atom stereocenters. The van der Waals surface area contributed by atoms with Crippen molar-refractivity contribution >= 4 is 12.6 Å². The van der Waals surface area contributed by atoms with Crippen molar-refractivity contribution in [3.63, 3.8) is 0 Å². The lowest BCUT2D eigenvalue weighted by molar-refractivity contribution is -0.381. The second-order valence-corrected chi connectivity index (χ2v) is 10.4. The summed E-state index contributed by atoms with van der Waals surface area (Å²) in [5.74, 6) is 0.700. The van der Waals surface area contributed by atoms with Gasteiger partial charge in [0.2, 0.25) is 0 Å². The number of rotatable bonds is 13. The number of hydrogen-bond acceptors (Lipinski definition) is 17. The Kier molecular flexibility index (Phi) is 13.7. The predicted molar refractivity (Wildman–Crippen MR) is 133 cm³/mol. The highest BCUT2D eigenvalue weighted by atomic mass is 32.1. The molecule has 0 aromatic rings. The molecule has 17 heteroatoms. The van der Waals surface area contributed by atoms with Crippen molar-refractivity contribution < 1.29 is 79.5 Å². The molecule has 3 aliphatic rings. The molecule has 3 saturated heterocycles. The summed E-state index contributed by atoms with van der Waals surface area (Å²) in [7, 11) is 0. The fraction of sp³-hybridized carbons (Fsp3) is 1.00. The summed E-state index contributed by atoms with van der Waals surface area (Å²) in [6.45, 7) is -2.02. The highest BCUT2D eigenvalue weighted by Gasteiger charge is 2.53. The first-order chi connectivity index (χ1) is 19.1. The highest BCUT2D eigenvalue weighted by molar-refractivity contribution is 7.80. The van der Waals surface area contributed by atoms with Crippen LogP contribution in [0.25, 0.3) is 0 Å². The van der Waals surface area contributed by atoms with Crippen LogP contribution in [0.3, 0.4) is 0 Å². The molecule has 3 heterocycles. The van der Waals surface area contributed by atoms with E-state index >= 15 is 0 Å². The Morgan fingerprint density at radius 3 is 1.45 bits per heavy atom. The van der Waals surface area contributed by atoms with Gasteiger partial charge in [0.15, 0.2) is 18.9 Å². The van der Waals surface area contributed by atoms with Crippen LogP contribution in [0.15, 0.2) is 0 Å². The second kappa shape index (κ2) is 16.0. The van der Waals surface area contributed by atoms with E-state index in [0.717, 1.165) is 12.8 Å². The number of thiol groups is 1. The predicted octanol–water partition coefficient (Wildman–Crippen LogP) is -5.45. The van der Waals surface area contributed by atoms with Crippen LogP contribution >= 0.6 is 12.6 Å². The van der Waals surface area contributed by atoms with Gasteiger partial charge in [-0.05, 0) is 18.6 Å². The van der Waals surface area contributed by atoms with Crippen LogP contribution in [0, 0.1) is 0 Å². The normalized spacial score (nSPS) is 46.4. The van der Waals surface area contributed by atoms with E-state index in [1.54, 1.807) is 0 Å². The number of aliphatic hydroxyl groups excluding tert-OH is 10. The fourth-order valence-electron chi connectivity index (χ4n) is 4.76. The lowest BCUT2D eigenvalue weighted by Gasteiger charge is -2.48. The van der Waals surface area contributed by atoms with E-state index in [-0.39, 0.29) is 6.61 Å². The van der Waals surface area contributed by atoms with Gasteiger partial charge in [0, 0.05) is 6.61 Å². The summed E-state index contributed by atoms with van der Waals surface area (Å²) in [6, 6.07) is 0. The average Bonchev–Trinajstić information content (AvgIpc) is 2.95. The minimum Gasteiger partial charge on any atom is -0.394 e. The summed E-state index contributed by atoms with van der Waals surface area (Å²) >= 11 is 4.14. The van der Waals surface area contributed by atoms with E-state index in [1.165, 1.54) is 0 Å². The Balaban J connectivity index is 1.74. The molecule has 0 aromatic carbocycles. The molecule has 40 heavy (non-hydrogen) atoms. The number of aliphatic hydroxyl groups is 10. The lowest BCUT2D eigenvalue weighted by atomic mass is 9.96. The summed E-state index contributed by atoms with van der Waals surface area (Å²) < 4.78 is 33.0. The molecule has 0 aliphatic carbocycles. The van der Waals surface area contributed by atoms with Gasteiger partial charge in [-0.15, -0.1) is 0 Å². The first kappa shape index (κ1) is 34.2. The molecule has 15 atom stereocenters. The van der Waals surface area contributed by atoms with Crippen molar-refractivity contribution in [2.24, 2.45) is 0 Å². The molecule has 3 aliphatic heterocycles. The maximum Gasteiger partial charge on any atom is 0.187 e. The molecule has 10 N–H and O–H groups in total. The van der Waals surface area contributed by atoms with Crippen LogP contribution in [-0.2, 0) is 28.4 Å². The van der Waals surface area contributed by atoms with Crippen molar-refractivity contribution in [3.8, 4) is 0 Å². The van der Waals surface area contributed by atoms with Gasteiger partial charge in [-0.2, -0.15) is 12.6 Å². The zero-order valence-corrected chi connectivity index (χ0v) is 22.6. The molecule has 236 valence electrons. The van der Waals surface area contributed by atoms with Crippen molar-refractivity contribution in [1.29, 1.82) is 0 Å². The van der Waals surface area contributed by atoms with Gasteiger partial charge >= 0.3 is 0 Å². The quantitative estimate of drug-likeness (QED) is 0.0690. The van der Waals surface area contributed by atoms with Crippen molar-refractivity contribution in [3.05, 3.63) is 0 Å². The topological polar surface area (TPSA) is 258 Å². The van der Waals surface area contributed by atoms with E-state index < -0.39 is 112 Å². The molecule has 0 bridgehead atoms. The van der Waals surface area contributed by atoms with Gasteiger partial charge < -0.3 is 79.5 Å². The van der Waals surface area contributed by atoms with E-state index in [4.69, 9.17) is 28.4 Å². The zero-order valence-electron chi connectivity index (χ0n) is 21.7. The maximum absolute atomic E-state index is 11.0. The fourth-order valence-corrected chi connectivity index (χ4v) is 4.98. The van der Waals surface area contributed by atoms with Crippen LogP contribution in [-0.4, -0.2) is 175 Å². The van der Waals surface area contributed by atoms with Gasteiger partial charge in [-0.3, -0.25) is 0 Å². The minimum absolute atomic E-state index is 0.187. The molecule has 3 fully saturated rings. The van der Waals surface area contributed by atoms with Crippen LogP contribution < -0.4 is 0 Å².